The second-order valence-corrected chi connectivity index (χ2v) is 4.77. The predicted molar refractivity (Wildman–Crippen MR) is 64.8 cm³/mol. The van der Waals surface area contributed by atoms with Gasteiger partial charge in [0.25, 0.3) is 0 Å². The summed E-state index contributed by atoms with van der Waals surface area (Å²) in [6.07, 6.45) is 10.3. The van der Waals surface area contributed by atoms with Crippen LogP contribution in [0.4, 0.5) is 0 Å². The zero-order chi connectivity index (χ0) is 11.1. The lowest BCUT2D eigenvalue weighted by molar-refractivity contribution is 0.101. The number of Topliss-reactive ketones (excluding diaryl/α,β-unsaturated/α-hetero) is 1. The maximum Gasteiger partial charge on any atom is 0.162 e. The molecule has 0 spiro atoms. The van der Waals surface area contributed by atoms with Gasteiger partial charge in [-0.15, -0.1) is 0 Å². The van der Waals surface area contributed by atoms with Crippen molar-refractivity contribution in [2.45, 2.75) is 45.6 Å². The standard InChI is InChI=1S/C14H17NO/c1-10(16)14-11-6-2-3-7-12(11)15-9-5-4-8-13(14)15/h6-7H,2-5,8-9H2,1H3. The van der Waals surface area contributed by atoms with Gasteiger partial charge in [0.1, 0.15) is 0 Å². The van der Waals surface area contributed by atoms with Crippen molar-refractivity contribution in [1.29, 1.82) is 0 Å². The third kappa shape index (κ3) is 1.29. The van der Waals surface area contributed by atoms with Crippen molar-refractivity contribution >= 4 is 17.9 Å². The van der Waals surface area contributed by atoms with Crippen molar-refractivity contribution in [2.24, 2.45) is 0 Å². The molecular weight excluding hydrogens is 198 g/mol. The average molecular weight is 215 g/mol. The quantitative estimate of drug-likeness (QED) is 0.649. The van der Waals surface area contributed by atoms with Gasteiger partial charge in [-0.1, -0.05) is 12.2 Å². The highest BCUT2D eigenvalue weighted by molar-refractivity contribution is 5.96. The Bertz CT molecular complexity index is 563. The molecule has 2 aliphatic rings. The Morgan fingerprint density at radius 2 is 2.06 bits per heavy atom. The van der Waals surface area contributed by atoms with Crippen LogP contribution in [0.2, 0.25) is 0 Å². The lowest BCUT2D eigenvalue weighted by atomic mass is 10.0. The Morgan fingerprint density at radius 1 is 1.25 bits per heavy atom. The van der Waals surface area contributed by atoms with E-state index >= 15 is 0 Å². The minimum Gasteiger partial charge on any atom is -0.344 e. The second-order valence-electron chi connectivity index (χ2n) is 4.77. The highest BCUT2D eigenvalue weighted by Gasteiger charge is 2.20. The normalized spacial score (nSPS) is 18.1. The molecule has 0 atom stereocenters. The van der Waals surface area contributed by atoms with E-state index < -0.39 is 0 Å². The summed E-state index contributed by atoms with van der Waals surface area (Å²) in [5, 5.41) is 2.53. The zero-order valence-corrected chi connectivity index (χ0v) is 9.75. The van der Waals surface area contributed by atoms with Gasteiger partial charge in [0.15, 0.2) is 5.78 Å². The van der Waals surface area contributed by atoms with Crippen molar-refractivity contribution in [3.05, 3.63) is 21.8 Å². The maximum atomic E-state index is 11.8. The molecule has 84 valence electrons. The highest BCUT2D eigenvalue weighted by Crippen LogP contribution is 2.16. The van der Waals surface area contributed by atoms with Crippen LogP contribution in [-0.2, 0) is 13.0 Å². The van der Waals surface area contributed by atoms with E-state index in [1.807, 2.05) is 0 Å². The van der Waals surface area contributed by atoms with Crippen molar-refractivity contribution < 1.29 is 4.79 Å². The smallest absolute Gasteiger partial charge is 0.162 e. The SMILES string of the molecule is CC(=O)c1c2n(c3c1=CCCC=3)CCCC2. The minimum absolute atomic E-state index is 0.235. The van der Waals surface area contributed by atoms with Gasteiger partial charge in [-0.2, -0.15) is 0 Å². The third-order valence-electron chi connectivity index (χ3n) is 3.70. The van der Waals surface area contributed by atoms with Gasteiger partial charge in [-0.05, 0) is 39.0 Å². The van der Waals surface area contributed by atoms with Crippen LogP contribution in [0.5, 0.6) is 0 Å². The topological polar surface area (TPSA) is 22.0 Å². The molecule has 16 heavy (non-hydrogen) atoms. The van der Waals surface area contributed by atoms with Gasteiger partial charge in [0.05, 0.1) is 0 Å². The first kappa shape index (κ1) is 9.88. The minimum atomic E-state index is 0.235. The van der Waals surface area contributed by atoms with Crippen molar-refractivity contribution in [2.75, 3.05) is 0 Å². The molecule has 0 amide bonds. The molecule has 1 aliphatic carbocycles. The van der Waals surface area contributed by atoms with Gasteiger partial charge in [-0.25, -0.2) is 0 Å². The average Bonchev–Trinajstić information content (AvgIpc) is 2.63. The van der Waals surface area contributed by atoms with E-state index in [2.05, 4.69) is 16.7 Å². The number of aromatic nitrogens is 1. The molecule has 2 heteroatoms. The molecule has 0 radical (unpaired) electrons. The van der Waals surface area contributed by atoms with Crippen LogP contribution in [0.25, 0.3) is 12.2 Å². The third-order valence-corrected chi connectivity index (χ3v) is 3.70. The molecule has 0 aromatic carbocycles. The molecule has 1 aromatic heterocycles. The van der Waals surface area contributed by atoms with E-state index in [1.165, 1.54) is 29.1 Å². The fourth-order valence-electron chi connectivity index (χ4n) is 3.05. The van der Waals surface area contributed by atoms with Crippen LogP contribution in [0.3, 0.4) is 0 Å². The molecule has 1 aromatic rings. The molecule has 2 heterocycles. The number of ketones is 1. The van der Waals surface area contributed by atoms with E-state index in [9.17, 15) is 4.79 Å². The Balaban J connectivity index is 2.41. The Hall–Kier alpha value is -1.31. The van der Waals surface area contributed by atoms with Crippen molar-refractivity contribution in [1.82, 2.24) is 4.57 Å². The summed E-state index contributed by atoms with van der Waals surface area (Å²) in [4.78, 5) is 11.8. The summed E-state index contributed by atoms with van der Waals surface area (Å²) in [6.45, 7) is 2.79. The second kappa shape index (κ2) is 3.62. The van der Waals surface area contributed by atoms with E-state index in [-0.39, 0.29) is 5.78 Å². The van der Waals surface area contributed by atoms with Gasteiger partial charge in [-0.3, -0.25) is 4.79 Å². The van der Waals surface area contributed by atoms with Crippen LogP contribution in [0.15, 0.2) is 0 Å². The van der Waals surface area contributed by atoms with Gasteiger partial charge in [0, 0.05) is 28.4 Å². The van der Waals surface area contributed by atoms with E-state index in [0.29, 0.717) is 0 Å². The first-order chi connectivity index (χ1) is 7.79. The molecule has 0 N–H and O–H groups in total. The van der Waals surface area contributed by atoms with Crippen molar-refractivity contribution in [3.8, 4) is 0 Å². The lowest BCUT2D eigenvalue weighted by Gasteiger charge is -2.16. The molecule has 0 fully saturated rings. The number of nitrogens with zero attached hydrogens (tertiary/aromatic N) is 1. The van der Waals surface area contributed by atoms with Crippen LogP contribution in [-0.4, -0.2) is 10.4 Å². The molecule has 1 aliphatic heterocycles. The highest BCUT2D eigenvalue weighted by atomic mass is 16.1. The van der Waals surface area contributed by atoms with Crippen LogP contribution in [0, 0.1) is 0 Å². The fraction of sp³-hybridized carbons (Fsp3) is 0.500. The molecule has 0 saturated carbocycles. The van der Waals surface area contributed by atoms with Crippen LogP contribution in [0.1, 0.15) is 48.7 Å². The maximum absolute atomic E-state index is 11.8. The van der Waals surface area contributed by atoms with Gasteiger partial charge >= 0.3 is 0 Å². The molecule has 2 nitrogen and oxygen atoms in total. The number of carbonyl (C=O) groups is 1. The van der Waals surface area contributed by atoms with E-state index in [1.54, 1.807) is 6.92 Å². The number of rotatable bonds is 1. The summed E-state index contributed by atoms with van der Waals surface area (Å²) in [6, 6.07) is 0. The zero-order valence-electron chi connectivity index (χ0n) is 9.75. The summed E-state index contributed by atoms with van der Waals surface area (Å²) in [5.74, 6) is 0.235. The van der Waals surface area contributed by atoms with Crippen LogP contribution >= 0.6 is 0 Å². The molecule has 0 saturated heterocycles. The van der Waals surface area contributed by atoms with Gasteiger partial charge < -0.3 is 4.57 Å². The molecule has 3 rings (SSSR count). The number of carbonyl (C=O) groups excluding carboxylic acids is 1. The summed E-state index contributed by atoms with van der Waals surface area (Å²) in [5.41, 5.74) is 2.30. The fourth-order valence-corrected chi connectivity index (χ4v) is 3.05. The van der Waals surface area contributed by atoms with E-state index in [0.717, 1.165) is 31.4 Å². The van der Waals surface area contributed by atoms with Crippen LogP contribution < -0.4 is 10.6 Å². The number of hydrogen-bond acceptors (Lipinski definition) is 1. The Kier molecular flexibility index (Phi) is 2.23. The first-order valence-corrected chi connectivity index (χ1v) is 6.21. The molecule has 0 bridgehead atoms. The van der Waals surface area contributed by atoms with Crippen molar-refractivity contribution in [3.63, 3.8) is 0 Å². The summed E-state index contributed by atoms with van der Waals surface area (Å²) < 4.78 is 2.38. The van der Waals surface area contributed by atoms with Gasteiger partial charge in [0.2, 0.25) is 0 Å². The Morgan fingerprint density at radius 3 is 2.88 bits per heavy atom. The number of hydrogen-bond donors (Lipinski definition) is 0. The molecule has 0 unspecified atom stereocenters. The summed E-state index contributed by atoms with van der Waals surface area (Å²) in [7, 11) is 0. The largest absolute Gasteiger partial charge is 0.344 e. The monoisotopic (exact) mass is 215 g/mol. The predicted octanol–water partition coefficient (Wildman–Crippen LogP) is 1.38. The van der Waals surface area contributed by atoms with E-state index in [4.69, 9.17) is 0 Å². The Labute approximate surface area is 95.3 Å². The molecular formula is C14H17NO. The summed E-state index contributed by atoms with van der Waals surface area (Å²) >= 11 is 0. The first-order valence-electron chi connectivity index (χ1n) is 6.21. The number of fused-ring (bicyclic) bond motifs is 3. The lowest BCUT2D eigenvalue weighted by Crippen LogP contribution is -2.33.